The van der Waals surface area contributed by atoms with E-state index in [0.29, 0.717) is 6.04 Å². The molecule has 0 unspecified atom stereocenters. The number of hydrogen-bond acceptors (Lipinski definition) is 1. The second-order valence-corrected chi connectivity index (χ2v) is 2.61. The normalized spacial score (nSPS) is 27.1. The van der Waals surface area contributed by atoms with Crippen molar-refractivity contribution in [1.29, 1.82) is 0 Å². The summed E-state index contributed by atoms with van der Waals surface area (Å²) in [6.45, 7) is 3.22. The van der Waals surface area contributed by atoms with Crippen LogP contribution in [0.2, 0.25) is 0 Å². The monoisotopic (exact) mass is 137 g/mol. The molecule has 1 aliphatic rings. The summed E-state index contributed by atoms with van der Waals surface area (Å²) in [5, 5.41) is 3.39. The van der Waals surface area contributed by atoms with Crippen LogP contribution in [0.4, 0.5) is 0 Å². The molecule has 1 fully saturated rings. The minimum Gasteiger partial charge on any atom is -0.311 e. The van der Waals surface area contributed by atoms with Crippen molar-refractivity contribution < 1.29 is 0 Å². The van der Waals surface area contributed by atoms with E-state index in [1.54, 1.807) is 0 Å². The Morgan fingerprint density at radius 1 is 1.40 bits per heavy atom. The van der Waals surface area contributed by atoms with Gasteiger partial charge in [0.1, 0.15) is 0 Å². The molecule has 0 radical (unpaired) electrons. The van der Waals surface area contributed by atoms with Crippen LogP contribution in [0.3, 0.4) is 0 Å². The summed E-state index contributed by atoms with van der Waals surface area (Å²) in [7, 11) is 0. The highest BCUT2D eigenvalue weighted by Crippen LogP contribution is 2.05. The standard InChI is InChI=1S/C9H15N/c1-2-3-4-6-9-7-5-8-10-9/h2-4,6,9-10H,5,7-8H2,1H3/b3-2+,6-4+/t9-/m0/s1. The van der Waals surface area contributed by atoms with E-state index in [0.717, 1.165) is 0 Å². The lowest BCUT2D eigenvalue weighted by Gasteiger charge is -1.99. The minimum atomic E-state index is 0.635. The van der Waals surface area contributed by atoms with Gasteiger partial charge in [0, 0.05) is 6.04 Å². The molecule has 0 aromatic carbocycles. The molecular weight excluding hydrogens is 122 g/mol. The second-order valence-electron chi connectivity index (χ2n) is 2.61. The summed E-state index contributed by atoms with van der Waals surface area (Å²) in [4.78, 5) is 0. The zero-order valence-corrected chi connectivity index (χ0v) is 6.51. The summed E-state index contributed by atoms with van der Waals surface area (Å²) < 4.78 is 0. The fourth-order valence-corrected chi connectivity index (χ4v) is 1.19. The summed E-state index contributed by atoms with van der Waals surface area (Å²) >= 11 is 0. The molecule has 0 saturated carbocycles. The van der Waals surface area contributed by atoms with Crippen molar-refractivity contribution in [3.8, 4) is 0 Å². The van der Waals surface area contributed by atoms with E-state index in [1.807, 2.05) is 13.0 Å². The van der Waals surface area contributed by atoms with Crippen molar-refractivity contribution in [2.45, 2.75) is 25.8 Å². The Morgan fingerprint density at radius 2 is 2.30 bits per heavy atom. The number of allylic oxidation sites excluding steroid dienone is 3. The lowest BCUT2D eigenvalue weighted by molar-refractivity contribution is 0.727. The smallest absolute Gasteiger partial charge is 0.0253 e. The van der Waals surface area contributed by atoms with Gasteiger partial charge in [-0.1, -0.05) is 24.3 Å². The van der Waals surface area contributed by atoms with Gasteiger partial charge in [-0.25, -0.2) is 0 Å². The van der Waals surface area contributed by atoms with Crippen molar-refractivity contribution in [2.24, 2.45) is 0 Å². The highest BCUT2D eigenvalue weighted by Gasteiger charge is 2.08. The molecule has 1 saturated heterocycles. The molecule has 56 valence electrons. The predicted molar refractivity (Wildman–Crippen MR) is 45.0 cm³/mol. The van der Waals surface area contributed by atoms with Crippen molar-refractivity contribution >= 4 is 0 Å². The number of nitrogens with one attached hydrogen (secondary N) is 1. The van der Waals surface area contributed by atoms with Crippen LogP contribution in [-0.4, -0.2) is 12.6 Å². The van der Waals surface area contributed by atoms with E-state index in [2.05, 4.69) is 23.5 Å². The third-order valence-electron chi connectivity index (χ3n) is 1.75. The molecule has 0 aromatic rings. The van der Waals surface area contributed by atoms with Crippen LogP contribution in [0.15, 0.2) is 24.3 Å². The van der Waals surface area contributed by atoms with Crippen LogP contribution in [0.1, 0.15) is 19.8 Å². The number of hydrogen-bond donors (Lipinski definition) is 1. The molecule has 0 bridgehead atoms. The van der Waals surface area contributed by atoms with Crippen LogP contribution >= 0.6 is 0 Å². The molecule has 1 aliphatic heterocycles. The van der Waals surface area contributed by atoms with Crippen molar-refractivity contribution in [1.82, 2.24) is 5.32 Å². The van der Waals surface area contributed by atoms with Crippen molar-refractivity contribution in [3.63, 3.8) is 0 Å². The fraction of sp³-hybridized carbons (Fsp3) is 0.556. The first-order chi connectivity index (χ1) is 4.93. The molecule has 10 heavy (non-hydrogen) atoms. The Hall–Kier alpha value is -0.560. The van der Waals surface area contributed by atoms with Gasteiger partial charge < -0.3 is 5.32 Å². The molecule has 1 heterocycles. The molecule has 0 aromatic heterocycles. The number of rotatable bonds is 2. The molecule has 0 aliphatic carbocycles. The maximum absolute atomic E-state index is 3.39. The SMILES string of the molecule is C/C=C/C=C/[C@H]1CCCN1. The van der Waals surface area contributed by atoms with Crippen LogP contribution in [0.25, 0.3) is 0 Å². The first kappa shape index (κ1) is 7.55. The predicted octanol–water partition coefficient (Wildman–Crippen LogP) is 1.87. The van der Waals surface area contributed by atoms with Gasteiger partial charge in [0.05, 0.1) is 0 Å². The van der Waals surface area contributed by atoms with Gasteiger partial charge in [-0.15, -0.1) is 0 Å². The Bertz CT molecular complexity index is 130. The quantitative estimate of drug-likeness (QED) is 0.573. The summed E-state index contributed by atoms with van der Waals surface area (Å²) in [5.41, 5.74) is 0. The zero-order chi connectivity index (χ0) is 7.23. The summed E-state index contributed by atoms with van der Waals surface area (Å²) in [6.07, 6.45) is 11.1. The van der Waals surface area contributed by atoms with Gasteiger partial charge in [0.25, 0.3) is 0 Å². The van der Waals surface area contributed by atoms with E-state index in [4.69, 9.17) is 0 Å². The molecule has 0 spiro atoms. The van der Waals surface area contributed by atoms with Gasteiger partial charge in [-0.2, -0.15) is 0 Å². The Labute approximate surface area is 62.8 Å². The van der Waals surface area contributed by atoms with E-state index in [1.165, 1.54) is 19.4 Å². The first-order valence-corrected chi connectivity index (χ1v) is 3.96. The molecule has 1 nitrogen and oxygen atoms in total. The molecular formula is C9H15N. The van der Waals surface area contributed by atoms with Gasteiger partial charge in [-0.05, 0) is 26.3 Å². The summed E-state index contributed by atoms with van der Waals surface area (Å²) in [6, 6.07) is 0.635. The average molecular weight is 137 g/mol. The molecule has 1 rings (SSSR count). The topological polar surface area (TPSA) is 12.0 Å². The summed E-state index contributed by atoms with van der Waals surface area (Å²) in [5.74, 6) is 0. The first-order valence-electron chi connectivity index (χ1n) is 3.96. The van der Waals surface area contributed by atoms with Crippen molar-refractivity contribution in [3.05, 3.63) is 24.3 Å². The average Bonchev–Trinajstić information content (AvgIpc) is 2.41. The maximum atomic E-state index is 3.39. The van der Waals surface area contributed by atoms with E-state index in [9.17, 15) is 0 Å². The maximum Gasteiger partial charge on any atom is 0.0253 e. The highest BCUT2D eigenvalue weighted by atomic mass is 14.9. The van der Waals surface area contributed by atoms with E-state index >= 15 is 0 Å². The van der Waals surface area contributed by atoms with Gasteiger partial charge >= 0.3 is 0 Å². The molecule has 0 amide bonds. The second kappa shape index (κ2) is 4.29. The molecule has 1 heteroatoms. The van der Waals surface area contributed by atoms with Crippen LogP contribution in [0.5, 0.6) is 0 Å². The molecule has 1 N–H and O–H groups in total. The lowest BCUT2D eigenvalue weighted by Crippen LogP contribution is -2.17. The third-order valence-corrected chi connectivity index (χ3v) is 1.75. The van der Waals surface area contributed by atoms with Crippen molar-refractivity contribution in [2.75, 3.05) is 6.54 Å². The third kappa shape index (κ3) is 2.36. The fourth-order valence-electron chi connectivity index (χ4n) is 1.19. The zero-order valence-electron chi connectivity index (χ0n) is 6.51. The van der Waals surface area contributed by atoms with Crippen LogP contribution in [0, 0.1) is 0 Å². The van der Waals surface area contributed by atoms with Gasteiger partial charge in [0.15, 0.2) is 0 Å². The largest absolute Gasteiger partial charge is 0.311 e. The Kier molecular flexibility index (Phi) is 3.23. The Morgan fingerprint density at radius 3 is 2.90 bits per heavy atom. The van der Waals surface area contributed by atoms with Crippen LogP contribution in [-0.2, 0) is 0 Å². The van der Waals surface area contributed by atoms with E-state index in [-0.39, 0.29) is 0 Å². The lowest BCUT2D eigenvalue weighted by atomic mass is 10.2. The van der Waals surface area contributed by atoms with E-state index < -0.39 is 0 Å². The van der Waals surface area contributed by atoms with Gasteiger partial charge in [0.2, 0.25) is 0 Å². The highest BCUT2D eigenvalue weighted by molar-refractivity contribution is 5.06. The minimum absolute atomic E-state index is 0.635. The molecule has 1 atom stereocenters. The van der Waals surface area contributed by atoms with Crippen LogP contribution < -0.4 is 5.32 Å². The van der Waals surface area contributed by atoms with Gasteiger partial charge in [-0.3, -0.25) is 0 Å². The Balaban J connectivity index is 2.22.